The van der Waals surface area contributed by atoms with E-state index in [0.717, 1.165) is 22.4 Å². The fourth-order valence-corrected chi connectivity index (χ4v) is 7.70. The zero-order chi connectivity index (χ0) is 29.3. The lowest BCUT2D eigenvalue weighted by atomic mass is 9.96. The molecule has 8 nitrogen and oxygen atoms in total. The van der Waals surface area contributed by atoms with E-state index in [1.807, 2.05) is 31.7 Å². The van der Waals surface area contributed by atoms with Crippen LogP contribution in [0.15, 0.2) is 45.8 Å². The zero-order valence-electron chi connectivity index (χ0n) is 24.1. The molecule has 1 amide bonds. The maximum Gasteiger partial charge on any atom is 0.248 e. The standard InChI is InChI=1S/C31H37FN4O4S/c1-21-19-22(2)28(23(3)20-21)9-10-29-30(24(4)33-40-29)41(38,39)36-13-11-25(12-14-36)31(37)35-17-15-34(16-18-35)27-7-5-26(32)6-8-27/h5-10,19-20,25H,11-18H2,1-4H3. The minimum absolute atomic E-state index is 0.0782. The van der Waals surface area contributed by atoms with E-state index in [2.05, 4.69) is 22.2 Å². The monoisotopic (exact) mass is 580 g/mol. The lowest BCUT2D eigenvalue weighted by Gasteiger charge is -2.39. The van der Waals surface area contributed by atoms with Gasteiger partial charge in [0.2, 0.25) is 15.9 Å². The summed E-state index contributed by atoms with van der Waals surface area (Å²) in [5.74, 6) is -0.196. The molecule has 3 aromatic rings. The summed E-state index contributed by atoms with van der Waals surface area (Å²) in [6, 6.07) is 10.6. The molecule has 0 radical (unpaired) electrons. The normalized spacial score (nSPS) is 17.5. The highest BCUT2D eigenvalue weighted by atomic mass is 32.2. The molecule has 2 aromatic carbocycles. The molecular weight excluding hydrogens is 543 g/mol. The summed E-state index contributed by atoms with van der Waals surface area (Å²) < 4.78 is 47.6. The van der Waals surface area contributed by atoms with Crippen LogP contribution in [0.1, 0.15) is 46.5 Å². The molecule has 0 N–H and O–H groups in total. The number of sulfonamides is 1. The molecule has 2 aliphatic heterocycles. The number of rotatable bonds is 6. The van der Waals surface area contributed by atoms with Crippen molar-refractivity contribution in [1.29, 1.82) is 0 Å². The van der Waals surface area contributed by atoms with Crippen LogP contribution in [0.4, 0.5) is 10.1 Å². The zero-order valence-corrected chi connectivity index (χ0v) is 24.9. The molecule has 3 heterocycles. The molecule has 0 spiro atoms. The highest BCUT2D eigenvalue weighted by Crippen LogP contribution is 2.31. The Morgan fingerprint density at radius 2 is 1.54 bits per heavy atom. The van der Waals surface area contributed by atoms with E-state index in [4.69, 9.17) is 4.52 Å². The summed E-state index contributed by atoms with van der Waals surface area (Å²) in [7, 11) is -3.86. The number of piperazine rings is 1. The number of aryl methyl sites for hydroxylation is 4. The molecule has 2 aliphatic rings. The third kappa shape index (κ3) is 6.08. The van der Waals surface area contributed by atoms with Crippen molar-refractivity contribution < 1.29 is 22.1 Å². The lowest BCUT2D eigenvalue weighted by molar-refractivity contribution is -0.137. The lowest BCUT2D eigenvalue weighted by Crippen LogP contribution is -2.52. The van der Waals surface area contributed by atoms with E-state index in [1.54, 1.807) is 25.1 Å². The van der Waals surface area contributed by atoms with Crippen molar-refractivity contribution in [2.75, 3.05) is 44.2 Å². The van der Waals surface area contributed by atoms with Gasteiger partial charge in [0.1, 0.15) is 11.5 Å². The van der Waals surface area contributed by atoms with Gasteiger partial charge in [0.05, 0.1) is 0 Å². The summed E-state index contributed by atoms with van der Waals surface area (Å²) in [5, 5.41) is 3.97. The number of amides is 1. The number of halogens is 1. The Morgan fingerprint density at radius 3 is 2.15 bits per heavy atom. The van der Waals surface area contributed by atoms with Crippen LogP contribution in [0, 0.1) is 39.4 Å². The first-order chi connectivity index (χ1) is 19.5. The van der Waals surface area contributed by atoms with Gasteiger partial charge in [-0.2, -0.15) is 4.31 Å². The van der Waals surface area contributed by atoms with Crippen molar-refractivity contribution in [3.63, 3.8) is 0 Å². The maximum absolute atomic E-state index is 13.7. The molecule has 0 bridgehead atoms. The van der Waals surface area contributed by atoms with Gasteiger partial charge in [-0.15, -0.1) is 0 Å². The Balaban J connectivity index is 1.22. The van der Waals surface area contributed by atoms with Crippen molar-refractivity contribution in [3.05, 3.63) is 75.9 Å². The van der Waals surface area contributed by atoms with Gasteiger partial charge in [0.15, 0.2) is 10.7 Å². The first-order valence-electron chi connectivity index (χ1n) is 14.1. The number of hydrogen-bond acceptors (Lipinski definition) is 6. The summed E-state index contributed by atoms with van der Waals surface area (Å²) in [6.45, 7) is 10.8. The first kappa shape index (κ1) is 29.0. The number of carbonyl (C=O) groups excluding carboxylic acids is 1. The topological polar surface area (TPSA) is 87.0 Å². The van der Waals surface area contributed by atoms with Gasteiger partial charge in [0.25, 0.3) is 0 Å². The number of aromatic nitrogens is 1. The van der Waals surface area contributed by atoms with Gasteiger partial charge in [-0.05, 0) is 87.6 Å². The van der Waals surface area contributed by atoms with Crippen LogP contribution >= 0.6 is 0 Å². The van der Waals surface area contributed by atoms with E-state index >= 15 is 0 Å². The summed E-state index contributed by atoms with van der Waals surface area (Å²) in [5.41, 5.74) is 5.65. The van der Waals surface area contributed by atoms with Crippen LogP contribution in [-0.2, 0) is 14.8 Å². The second kappa shape index (κ2) is 11.8. The first-order valence-corrected chi connectivity index (χ1v) is 15.5. The van der Waals surface area contributed by atoms with E-state index in [1.165, 1.54) is 22.0 Å². The van der Waals surface area contributed by atoms with Crippen LogP contribution in [0.3, 0.4) is 0 Å². The molecule has 2 saturated heterocycles. The summed E-state index contributed by atoms with van der Waals surface area (Å²) >= 11 is 0. The van der Waals surface area contributed by atoms with Gasteiger partial charge >= 0.3 is 0 Å². The van der Waals surface area contributed by atoms with E-state index in [0.29, 0.717) is 44.7 Å². The molecule has 0 saturated carbocycles. The molecule has 0 atom stereocenters. The third-order valence-electron chi connectivity index (χ3n) is 8.16. The molecule has 10 heteroatoms. The maximum atomic E-state index is 13.7. The minimum Gasteiger partial charge on any atom is -0.368 e. The molecule has 41 heavy (non-hydrogen) atoms. The second-order valence-electron chi connectivity index (χ2n) is 11.1. The Morgan fingerprint density at radius 1 is 0.927 bits per heavy atom. The number of benzene rings is 2. The van der Waals surface area contributed by atoms with Gasteiger partial charge < -0.3 is 14.3 Å². The Bertz CT molecular complexity index is 1530. The van der Waals surface area contributed by atoms with Crippen LogP contribution in [-0.4, -0.2) is 68.0 Å². The number of anilines is 1. The smallest absolute Gasteiger partial charge is 0.248 e. The minimum atomic E-state index is -3.86. The highest BCUT2D eigenvalue weighted by Gasteiger charge is 2.37. The molecule has 2 fully saturated rings. The van der Waals surface area contributed by atoms with E-state index in [9.17, 15) is 17.6 Å². The third-order valence-corrected chi connectivity index (χ3v) is 10.2. The highest BCUT2D eigenvalue weighted by molar-refractivity contribution is 7.89. The predicted molar refractivity (Wildman–Crippen MR) is 157 cm³/mol. The van der Waals surface area contributed by atoms with Crippen LogP contribution in [0.5, 0.6) is 0 Å². The average molecular weight is 581 g/mol. The van der Waals surface area contributed by atoms with Crippen LogP contribution in [0.2, 0.25) is 0 Å². The quantitative estimate of drug-likeness (QED) is 0.409. The van der Waals surface area contributed by atoms with Crippen molar-refractivity contribution in [2.24, 2.45) is 5.92 Å². The number of nitrogens with zero attached hydrogens (tertiary/aromatic N) is 4. The average Bonchev–Trinajstić information content (AvgIpc) is 3.33. The molecule has 1 aromatic heterocycles. The van der Waals surface area contributed by atoms with Crippen molar-refractivity contribution in [3.8, 4) is 0 Å². The van der Waals surface area contributed by atoms with Gasteiger partial charge in [-0.1, -0.05) is 28.9 Å². The Labute approximate surface area is 241 Å². The summed E-state index contributed by atoms with van der Waals surface area (Å²) in [4.78, 5) is 17.4. The van der Waals surface area contributed by atoms with Crippen LogP contribution < -0.4 is 4.90 Å². The van der Waals surface area contributed by atoms with E-state index in [-0.39, 0.29) is 41.4 Å². The van der Waals surface area contributed by atoms with E-state index < -0.39 is 10.0 Å². The Hall–Kier alpha value is -3.50. The van der Waals surface area contributed by atoms with Crippen molar-refractivity contribution >= 4 is 33.8 Å². The Kier molecular flexibility index (Phi) is 8.33. The van der Waals surface area contributed by atoms with Crippen LogP contribution in [0.25, 0.3) is 12.2 Å². The number of hydrogen-bond donors (Lipinski definition) is 0. The molecule has 0 aliphatic carbocycles. The fourth-order valence-electron chi connectivity index (χ4n) is 5.98. The van der Waals surface area contributed by atoms with Gasteiger partial charge in [-0.3, -0.25) is 4.79 Å². The second-order valence-corrected chi connectivity index (χ2v) is 12.9. The van der Waals surface area contributed by atoms with Gasteiger partial charge in [-0.25, -0.2) is 12.8 Å². The SMILES string of the molecule is Cc1cc(C)c(C=Cc2onc(C)c2S(=O)(=O)N2CCC(C(=O)N3CCN(c4ccc(F)cc4)CC3)CC2)c(C)c1. The summed E-state index contributed by atoms with van der Waals surface area (Å²) in [6.07, 6.45) is 4.49. The molecule has 218 valence electrons. The van der Waals surface area contributed by atoms with Gasteiger partial charge in [0, 0.05) is 50.9 Å². The predicted octanol–water partition coefficient (Wildman–Crippen LogP) is 4.97. The van der Waals surface area contributed by atoms with Crippen molar-refractivity contribution in [2.45, 2.75) is 45.4 Å². The molecular formula is C31H37FN4O4S. The number of carbonyl (C=O) groups is 1. The molecule has 0 unspecified atom stereocenters. The number of piperidine rings is 1. The van der Waals surface area contributed by atoms with Crippen molar-refractivity contribution in [1.82, 2.24) is 14.4 Å². The largest absolute Gasteiger partial charge is 0.368 e. The molecule has 5 rings (SSSR count). The fraction of sp³-hybridized carbons (Fsp3) is 0.419.